The second-order valence-electron chi connectivity index (χ2n) is 8.93. The lowest BCUT2D eigenvalue weighted by atomic mass is 10.1. The first-order valence-corrected chi connectivity index (χ1v) is 12.1. The quantitative estimate of drug-likeness (QED) is 0.542. The van der Waals surface area contributed by atoms with E-state index in [2.05, 4.69) is 44.0 Å². The van der Waals surface area contributed by atoms with Crippen LogP contribution in [0.4, 0.5) is 24.7 Å². The van der Waals surface area contributed by atoms with Crippen LogP contribution in [-0.2, 0) is 11.3 Å². The molecule has 2 aromatic carbocycles. The molecule has 11 heteroatoms. The molecule has 3 aromatic rings. The molecule has 0 bridgehead atoms. The minimum atomic E-state index is -4.76. The lowest BCUT2D eigenvalue weighted by Crippen LogP contribution is -2.50. The maximum Gasteiger partial charge on any atom is 0.573 e. The van der Waals surface area contributed by atoms with Crippen molar-refractivity contribution in [3.8, 4) is 17.0 Å². The number of amides is 1. The standard InChI is InChI=1S/C26H27F3N6O2/c1-18-4-2-3-5-21(18)33-12-14-34(15-13-33)23(36)17-31-25-24(32-22-16-30-10-11-35(22)25)19-6-8-20(9-7-19)37-26(27,28)29/h2-9,16,31H,10-15,17H2,1H3. The van der Waals surface area contributed by atoms with Crippen LogP contribution >= 0.6 is 0 Å². The molecule has 1 fully saturated rings. The number of imidazole rings is 1. The summed E-state index contributed by atoms with van der Waals surface area (Å²) in [6.45, 7) is 6.08. The van der Waals surface area contributed by atoms with Gasteiger partial charge in [-0.2, -0.15) is 0 Å². The number of aryl methyl sites for hydroxylation is 1. The third-order valence-corrected chi connectivity index (χ3v) is 6.51. The molecule has 2 aliphatic rings. The lowest BCUT2D eigenvalue weighted by Gasteiger charge is -2.37. The van der Waals surface area contributed by atoms with Crippen LogP contribution in [0.5, 0.6) is 5.75 Å². The average molecular weight is 513 g/mol. The molecule has 2 aliphatic heterocycles. The Hall–Kier alpha value is -4.02. The number of hydrogen-bond acceptors (Lipinski definition) is 6. The number of nitrogens with zero attached hydrogens (tertiary/aromatic N) is 5. The maximum atomic E-state index is 13.1. The molecule has 1 saturated heterocycles. The molecule has 0 saturated carbocycles. The van der Waals surface area contributed by atoms with Gasteiger partial charge in [0, 0.05) is 44.0 Å². The Balaban J connectivity index is 1.27. The monoisotopic (exact) mass is 512 g/mol. The summed E-state index contributed by atoms with van der Waals surface area (Å²) in [7, 11) is 0. The van der Waals surface area contributed by atoms with Gasteiger partial charge in [-0.05, 0) is 42.8 Å². The Morgan fingerprint density at radius 3 is 2.46 bits per heavy atom. The van der Waals surface area contributed by atoms with Crippen molar-refractivity contribution in [2.75, 3.05) is 49.5 Å². The normalized spacial score (nSPS) is 15.5. The van der Waals surface area contributed by atoms with Crippen molar-refractivity contribution >= 4 is 23.6 Å². The highest BCUT2D eigenvalue weighted by molar-refractivity contribution is 5.86. The van der Waals surface area contributed by atoms with E-state index in [1.165, 1.54) is 35.5 Å². The van der Waals surface area contributed by atoms with E-state index < -0.39 is 6.36 Å². The third kappa shape index (κ3) is 5.55. The number of ether oxygens (including phenoxy) is 1. The Morgan fingerprint density at radius 2 is 1.76 bits per heavy atom. The van der Waals surface area contributed by atoms with Crippen molar-refractivity contribution in [3.63, 3.8) is 0 Å². The van der Waals surface area contributed by atoms with Gasteiger partial charge >= 0.3 is 6.36 Å². The van der Waals surface area contributed by atoms with Gasteiger partial charge in [0.1, 0.15) is 17.3 Å². The summed E-state index contributed by atoms with van der Waals surface area (Å²) in [6, 6.07) is 13.8. The second kappa shape index (κ2) is 10.2. The summed E-state index contributed by atoms with van der Waals surface area (Å²) in [5.41, 5.74) is 3.55. The van der Waals surface area contributed by atoms with Gasteiger partial charge in [0.2, 0.25) is 5.91 Å². The van der Waals surface area contributed by atoms with Crippen LogP contribution in [0.3, 0.4) is 0 Å². The molecule has 0 spiro atoms. The number of aromatic nitrogens is 2. The summed E-state index contributed by atoms with van der Waals surface area (Å²) < 4.78 is 43.5. The summed E-state index contributed by atoms with van der Waals surface area (Å²) in [6.07, 6.45) is -3.10. The number of piperazine rings is 1. The SMILES string of the molecule is Cc1ccccc1N1CCN(C(=O)CNc2c(-c3ccc(OC(F)(F)F)cc3)nc3n2CCN=C3)CC1. The fourth-order valence-corrected chi connectivity index (χ4v) is 4.68. The number of halogens is 3. The Bertz CT molecular complexity index is 1290. The van der Waals surface area contributed by atoms with Gasteiger partial charge in [-0.25, -0.2) is 4.98 Å². The number of fused-ring (bicyclic) bond motifs is 1. The van der Waals surface area contributed by atoms with Gasteiger partial charge in [0.15, 0.2) is 5.82 Å². The number of alkyl halides is 3. The van der Waals surface area contributed by atoms with Gasteiger partial charge in [-0.3, -0.25) is 9.79 Å². The molecule has 8 nitrogen and oxygen atoms in total. The zero-order chi connectivity index (χ0) is 26.0. The van der Waals surface area contributed by atoms with Gasteiger partial charge in [-0.1, -0.05) is 18.2 Å². The number of benzene rings is 2. The average Bonchev–Trinajstić information content (AvgIpc) is 3.26. The van der Waals surface area contributed by atoms with Crippen molar-refractivity contribution in [2.24, 2.45) is 4.99 Å². The molecule has 0 atom stereocenters. The number of carbonyl (C=O) groups excluding carboxylic acids is 1. The molecule has 1 N–H and O–H groups in total. The summed E-state index contributed by atoms with van der Waals surface area (Å²) >= 11 is 0. The molecular weight excluding hydrogens is 485 g/mol. The fraction of sp³-hybridized carbons (Fsp3) is 0.346. The Kier molecular flexibility index (Phi) is 6.77. The number of anilines is 2. The predicted octanol–water partition coefficient (Wildman–Crippen LogP) is 3.95. The number of rotatable bonds is 6. The van der Waals surface area contributed by atoms with Gasteiger partial charge < -0.3 is 24.4 Å². The molecule has 0 radical (unpaired) electrons. The van der Waals surface area contributed by atoms with Crippen LogP contribution in [-0.4, -0.2) is 72.2 Å². The van der Waals surface area contributed by atoms with Crippen LogP contribution in [0.15, 0.2) is 53.5 Å². The maximum absolute atomic E-state index is 13.1. The largest absolute Gasteiger partial charge is 0.573 e. The van der Waals surface area contributed by atoms with E-state index in [9.17, 15) is 18.0 Å². The van der Waals surface area contributed by atoms with E-state index in [-0.39, 0.29) is 18.2 Å². The smallest absolute Gasteiger partial charge is 0.406 e. The van der Waals surface area contributed by atoms with E-state index in [1.54, 1.807) is 6.21 Å². The minimum absolute atomic E-state index is 0.0238. The van der Waals surface area contributed by atoms with Crippen LogP contribution < -0.4 is 15.0 Å². The summed E-state index contributed by atoms with van der Waals surface area (Å²) in [4.78, 5) is 26.1. The molecule has 0 unspecified atom stereocenters. The van der Waals surface area contributed by atoms with Crippen molar-refractivity contribution in [2.45, 2.75) is 19.8 Å². The van der Waals surface area contributed by atoms with Crippen LogP contribution in [0.2, 0.25) is 0 Å². The molecule has 0 aliphatic carbocycles. The van der Waals surface area contributed by atoms with E-state index in [0.717, 1.165) is 13.1 Å². The minimum Gasteiger partial charge on any atom is -0.406 e. The van der Waals surface area contributed by atoms with Gasteiger partial charge in [0.25, 0.3) is 0 Å². The molecule has 37 heavy (non-hydrogen) atoms. The molecule has 1 amide bonds. The van der Waals surface area contributed by atoms with Crippen molar-refractivity contribution in [3.05, 3.63) is 59.9 Å². The first-order valence-electron chi connectivity index (χ1n) is 12.1. The van der Waals surface area contributed by atoms with E-state index in [1.807, 2.05) is 21.6 Å². The van der Waals surface area contributed by atoms with E-state index in [0.29, 0.717) is 49.1 Å². The van der Waals surface area contributed by atoms with Gasteiger partial charge in [0.05, 0.1) is 19.3 Å². The highest BCUT2D eigenvalue weighted by Crippen LogP contribution is 2.32. The number of hydrogen-bond donors (Lipinski definition) is 1. The van der Waals surface area contributed by atoms with Crippen molar-refractivity contribution in [1.82, 2.24) is 14.5 Å². The Morgan fingerprint density at radius 1 is 1.03 bits per heavy atom. The van der Waals surface area contributed by atoms with Crippen LogP contribution in [0.1, 0.15) is 11.4 Å². The molecule has 1 aromatic heterocycles. The topological polar surface area (TPSA) is 75.0 Å². The highest BCUT2D eigenvalue weighted by Gasteiger charge is 2.31. The fourth-order valence-electron chi connectivity index (χ4n) is 4.68. The molecule has 5 rings (SSSR count). The van der Waals surface area contributed by atoms with Crippen molar-refractivity contribution < 1.29 is 22.7 Å². The second-order valence-corrected chi connectivity index (χ2v) is 8.93. The number of carbonyl (C=O) groups is 1. The first-order chi connectivity index (χ1) is 17.8. The molecule has 3 heterocycles. The lowest BCUT2D eigenvalue weighted by molar-refractivity contribution is -0.274. The summed E-state index contributed by atoms with van der Waals surface area (Å²) in [5.74, 6) is 0.928. The summed E-state index contributed by atoms with van der Waals surface area (Å²) in [5, 5.41) is 3.24. The number of nitrogens with one attached hydrogen (secondary N) is 1. The molecular formula is C26H27F3N6O2. The zero-order valence-corrected chi connectivity index (χ0v) is 20.3. The van der Waals surface area contributed by atoms with E-state index in [4.69, 9.17) is 0 Å². The van der Waals surface area contributed by atoms with E-state index >= 15 is 0 Å². The molecule has 194 valence electrons. The van der Waals surface area contributed by atoms with Crippen LogP contribution in [0.25, 0.3) is 11.3 Å². The Labute approximate surface area is 212 Å². The predicted molar refractivity (Wildman–Crippen MR) is 135 cm³/mol. The van der Waals surface area contributed by atoms with Gasteiger partial charge in [-0.15, -0.1) is 13.2 Å². The van der Waals surface area contributed by atoms with Crippen molar-refractivity contribution in [1.29, 1.82) is 0 Å². The number of para-hydroxylation sites is 1. The zero-order valence-electron chi connectivity index (χ0n) is 20.3. The van der Waals surface area contributed by atoms with Crippen LogP contribution in [0, 0.1) is 6.92 Å². The third-order valence-electron chi connectivity index (χ3n) is 6.51. The first kappa shape index (κ1) is 24.7. The number of aliphatic imine (C=N–C) groups is 1. The highest BCUT2D eigenvalue weighted by atomic mass is 19.4.